The molecule has 0 fully saturated rings. The van der Waals surface area contributed by atoms with Crippen molar-refractivity contribution >= 4 is 18.1 Å². The van der Waals surface area contributed by atoms with E-state index in [-0.39, 0.29) is 0 Å². The van der Waals surface area contributed by atoms with Gasteiger partial charge in [0.15, 0.2) is 0 Å². The molecular weight excluding hydrogens is 300 g/mol. The number of hydrogen-bond donors (Lipinski definition) is 2. The fourth-order valence-corrected chi connectivity index (χ4v) is 1.75. The first-order valence-electron chi connectivity index (χ1n) is 7.74. The molecule has 0 aromatic heterocycles. The summed E-state index contributed by atoms with van der Waals surface area (Å²) in [5.74, 6) is 0.463. The Balaban J connectivity index is 2.34. The summed E-state index contributed by atoms with van der Waals surface area (Å²) in [6, 6.07) is 0. The molecule has 0 atom stereocenters. The van der Waals surface area contributed by atoms with Gasteiger partial charge in [-0.25, -0.2) is 14.5 Å². The first-order chi connectivity index (χ1) is 10.5. The molecule has 0 saturated heterocycles. The van der Waals surface area contributed by atoms with Crippen LogP contribution in [-0.4, -0.2) is 60.4 Å². The maximum atomic E-state index is 12.1. The largest absolute Gasteiger partial charge is 0.444 e. The van der Waals surface area contributed by atoms with Gasteiger partial charge >= 0.3 is 12.2 Å². The Kier molecular flexibility index (Phi) is 6.23. The molecule has 2 N–H and O–H groups in total. The third kappa shape index (κ3) is 7.71. The van der Waals surface area contributed by atoms with Gasteiger partial charge in [0.05, 0.1) is 13.1 Å². The van der Waals surface area contributed by atoms with Crippen LogP contribution < -0.4 is 10.6 Å². The van der Waals surface area contributed by atoms with E-state index >= 15 is 0 Å². The average Bonchev–Trinajstić information content (AvgIpc) is 2.78. The predicted molar refractivity (Wildman–Crippen MR) is 87.5 cm³/mol. The third-order valence-electron chi connectivity index (χ3n) is 2.53. The minimum absolute atomic E-state index is 0.357. The van der Waals surface area contributed by atoms with Crippen molar-refractivity contribution in [2.75, 3.05) is 26.2 Å². The summed E-state index contributed by atoms with van der Waals surface area (Å²) in [5.41, 5.74) is -1.08. The summed E-state index contributed by atoms with van der Waals surface area (Å²) in [6.45, 7) is 12.7. The van der Waals surface area contributed by atoms with Crippen molar-refractivity contribution in [2.24, 2.45) is 4.99 Å². The van der Waals surface area contributed by atoms with Crippen LogP contribution in [0.15, 0.2) is 4.99 Å². The summed E-state index contributed by atoms with van der Waals surface area (Å²) in [5, 5.41) is 5.65. The third-order valence-corrected chi connectivity index (χ3v) is 2.53. The van der Waals surface area contributed by atoms with E-state index in [1.165, 1.54) is 4.90 Å². The maximum Gasteiger partial charge on any atom is 0.417 e. The highest BCUT2D eigenvalue weighted by molar-refractivity contribution is 5.95. The molecule has 0 bridgehead atoms. The van der Waals surface area contributed by atoms with Gasteiger partial charge in [0, 0.05) is 13.1 Å². The molecule has 132 valence electrons. The van der Waals surface area contributed by atoms with Crippen LogP contribution in [0.4, 0.5) is 9.59 Å². The van der Waals surface area contributed by atoms with Crippen molar-refractivity contribution in [2.45, 2.75) is 52.7 Å². The molecule has 1 aliphatic rings. The molecule has 0 aromatic rings. The van der Waals surface area contributed by atoms with E-state index in [4.69, 9.17) is 9.47 Å². The fraction of sp³-hybridized carbons (Fsp3) is 0.800. The number of carbonyl (C=O) groups excluding carboxylic acids is 2. The molecule has 8 nitrogen and oxygen atoms in total. The van der Waals surface area contributed by atoms with Gasteiger partial charge in [0.1, 0.15) is 11.2 Å². The predicted octanol–water partition coefficient (Wildman–Crippen LogP) is 1.71. The van der Waals surface area contributed by atoms with Crippen LogP contribution >= 0.6 is 0 Å². The first-order valence-corrected chi connectivity index (χ1v) is 7.74. The zero-order valence-corrected chi connectivity index (χ0v) is 14.9. The Morgan fingerprint density at radius 1 is 1.09 bits per heavy atom. The van der Waals surface area contributed by atoms with Crippen LogP contribution in [0, 0.1) is 0 Å². The lowest BCUT2D eigenvalue weighted by atomic mass is 10.2. The highest BCUT2D eigenvalue weighted by atomic mass is 16.6. The Hall–Kier alpha value is -1.99. The normalized spacial score (nSPS) is 15.0. The zero-order valence-electron chi connectivity index (χ0n) is 14.9. The lowest BCUT2D eigenvalue weighted by Crippen LogP contribution is -2.46. The number of nitrogens with one attached hydrogen (secondary N) is 2. The topological polar surface area (TPSA) is 92.3 Å². The molecule has 0 aliphatic carbocycles. The van der Waals surface area contributed by atoms with Gasteiger partial charge in [0.2, 0.25) is 5.96 Å². The number of amides is 2. The van der Waals surface area contributed by atoms with Gasteiger partial charge in [0.25, 0.3) is 0 Å². The molecule has 1 heterocycles. The molecular formula is C15H28N4O4. The van der Waals surface area contributed by atoms with Gasteiger partial charge in [-0.05, 0) is 41.5 Å². The van der Waals surface area contributed by atoms with Gasteiger partial charge < -0.3 is 20.1 Å². The molecule has 2 amide bonds. The van der Waals surface area contributed by atoms with E-state index in [0.29, 0.717) is 32.1 Å². The minimum atomic E-state index is -0.553. The van der Waals surface area contributed by atoms with Gasteiger partial charge in [-0.15, -0.1) is 0 Å². The molecule has 1 aliphatic heterocycles. The monoisotopic (exact) mass is 328 g/mol. The van der Waals surface area contributed by atoms with Crippen LogP contribution in [0.5, 0.6) is 0 Å². The van der Waals surface area contributed by atoms with Crippen molar-refractivity contribution in [3.05, 3.63) is 0 Å². The summed E-state index contributed by atoms with van der Waals surface area (Å²) < 4.78 is 10.5. The maximum absolute atomic E-state index is 12.1. The minimum Gasteiger partial charge on any atom is -0.444 e. The van der Waals surface area contributed by atoms with Gasteiger partial charge in [-0.1, -0.05) is 0 Å². The molecule has 0 aromatic carbocycles. The standard InChI is InChI=1S/C15H28N4O4/c1-14(2,3)22-12(20)18-8-7-16-11-17-9-10-19(11)13(21)23-15(4,5)6/h7-10H2,1-6H3,(H,16,17)(H,18,20). The second-order valence-corrected chi connectivity index (χ2v) is 7.19. The summed E-state index contributed by atoms with van der Waals surface area (Å²) in [4.78, 5) is 29.3. The van der Waals surface area contributed by atoms with Crippen LogP contribution in [0.3, 0.4) is 0 Å². The van der Waals surface area contributed by atoms with Crippen molar-refractivity contribution in [3.8, 4) is 0 Å². The molecule has 23 heavy (non-hydrogen) atoms. The van der Waals surface area contributed by atoms with E-state index in [1.54, 1.807) is 20.8 Å². The number of alkyl carbamates (subject to hydrolysis) is 1. The number of rotatable bonds is 3. The summed E-state index contributed by atoms with van der Waals surface area (Å²) in [7, 11) is 0. The average molecular weight is 328 g/mol. The lowest BCUT2D eigenvalue weighted by Gasteiger charge is -2.25. The highest BCUT2D eigenvalue weighted by Gasteiger charge is 2.28. The SMILES string of the molecule is CC(C)(C)OC(=O)NCCNC1=NCCN1C(=O)OC(C)(C)C. The van der Waals surface area contributed by atoms with Crippen LogP contribution in [-0.2, 0) is 9.47 Å². The van der Waals surface area contributed by atoms with Gasteiger partial charge in [-0.2, -0.15) is 0 Å². The van der Waals surface area contributed by atoms with Crippen LogP contribution in [0.1, 0.15) is 41.5 Å². The van der Waals surface area contributed by atoms with E-state index in [9.17, 15) is 9.59 Å². The summed E-state index contributed by atoms with van der Waals surface area (Å²) >= 11 is 0. The Bertz CT molecular complexity index is 463. The second kappa shape index (κ2) is 7.52. The quantitative estimate of drug-likeness (QED) is 0.769. The molecule has 0 spiro atoms. The first kappa shape index (κ1) is 19.1. The van der Waals surface area contributed by atoms with Crippen molar-refractivity contribution in [1.82, 2.24) is 15.5 Å². The van der Waals surface area contributed by atoms with E-state index in [1.807, 2.05) is 20.8 Å². The molecule has 0 saturated carbocycles. The number of aliphatic imine (C=N–C) groups is 1. The summed E-state index contributed by atoms with van der Waals surface area (Å²) in [6.07, 6.45) is -0.905. The Morgan fingerprint density at radius 3 is 2.26 bits per heavy atom. The number of guanidine groups is 1. The fourth-order valence-electron chi connectivity index (χ4n) is 1.75. The zero-order chi connectivity index (χ0) is 17.7. The highest BCUT2D eigenvalue weighted by Crippen LogP contribution is 2.11. The van der Waals surface area contributed by atoms with E-state index in [0.717, 1.165) is 0 Å². The molecule has 1 rings (SSSR count). The molecule has 0 radical (unpaired) electrons. The van der Waals surface area contributed by atoms with Gasteiger partial charge in [-0.3, -0.25) is 4.99 Å². The van der Waals surface area contributed by atoms with E-state index in [2.05, 4.69) is 15.6 Å². The van der Waals surface area contributed by atoms with Crippen LogP contribution in [0.25, 0.3) is 0 Å². The number of ether oxygens (including phenoxy) is 2. The molecule has 0 unspecified atom stereocenters. The van der Waals surface area contributed by atoms with Crippen LogP contribution in [0.2, 0.25) is 0 Å². The smallest absolute Gasteiger partial charge is 0.417 e. The van der Waals surface area contributed by atoms with Crippen molar-refractivity contribution in [1.29, 1.82) is 0 Å². The lowest BCUT2D eigenvalue weighted by molar-refractivity contribution is 0.0377. The number of nitrogens with zero attached hydrogens (tertiary/aromatic N) is 2. The Morgan fingerprint density at radius 2 is 1.70 bits per heavy atom. The van der Waals surface area contributed by atoms with Crippen molar-refractivity contribution in [3.63, 3.8) is 0 Å². The number of hydrogen-bond acceptors (Lipinski definition) is 6. The second-order valence-electron chi connectivity index (χ2n) is 7.19. The number of carbonyl (C=O) groups is 2. The molecule has 8 heteroatoms. The van der Waals surface area contributed by atoms with Crippen molar-refractivity contribution < 1.29 is 19.1 Å². The Labute approximate surface area is 137 Å². The van der Waals surface area contributed by atoms with E-state index < -0.39 is 23.4 Å².